The molecule has 1 saturated carbocycles. The van der Waals surface area contributed by atoms with Crippen molar-refractivity contribution in [2.24, 2.45) is 5.92 Å². The Hall–Kier alpha value is -0.770. The van der Waals surface area contributed by atoms with Crippen LogP contribution in [0.3, 0.4) is 0 Å². The highest BCUT2D eigenvalue weighted by molar-refractivity contribution is 5.74. The SMILES string of the molecule is CN(C(=O)NCC1CCCNC1)C1CC1.[HH]. The lowest BCUT2D eigenvalue weighted by Gasteiger charge is -2.24. The molecule has 1 unspecified atom stereocenters. The van der Waals surface area contributed by atoms with Crippen LogP contribution in [-0.2, 0) is 0 Å². The van der Waals surface area contributed by atoms with Gasteiger partial charge in [0.05, 0.1) is 0 Å². The van der Waals surface area contributed by atoms with Crippen LogP contribution in [-0.4, -0.2) is 43.7 Å². The molecule has 1 heterocycles. The van der Waals surface area contributed by atoms with Crippen LogP contribution < -0.4 is 10.6 Å². The summed E-state index contributed by atoms with van der Waals surface area (Å²) in [6.07, 6.45) is 4.82. The van der Waals surface area contributed by atoms with Gasteiger partial charge in [-0.3, -0.25) is 0 Å². The van der Waals surface area contributed by atoms with Gasteiger partial charge in [-0.25, -0.2) is 4.79 Å². The van der Waals surface area contributed by atoms with Crippen LogP contribution in [0.4, 0.5) is 4.79 Å². The molecular weight excluding hydrogens is 190 g/mol. The maximum atomic E-state index is 11.7. The molecule has 0 radical (unpaired) electrons. The second-order valence-electron chi connectivity index (χ2n) is 4.74. The average Bonchev–Trinajstić information content (AvgIpc) is 3.10. The molecule has 88 valence electrons. The number of carbonyl (C=O) groups is 1. The van der Waals surface area contributed by atoms with E-state index in [-0.39, 0.29) is 7.46 Å². The minimum Gasteiger partial charge on any atom is -0.338 e. The molecule has 2 aliphatic rings. The van der Waals surface area contributed by atoms with Crippen molar-refractivity contribution in [3.63, 3.8) is 0 Å². The number of amides is 2. The standard InChI is InChI=1S/C11H21N3O.H2/c1-14(10-4-5-10)11(15)13-8-9-3-2-6-12-7-9;/h9-10,12H,2-8H2,1H3,(H,13,15);1H. The lowest BCUT2D eigenvalue weighted by Crippen LogP contribution is -2.43. The fourth-order valence-corrected chi connectivity index (χ4v) is 2.08. The Morgan fingerprint density at radius 1 is 1.53 bits per heavy atom. The minimum absolute atomic E-state index is 0. The van der Waals surface area contributed by atoms with E-state index in [1.165, 1.54) is 25.7 Å². The molecule has 1 saturated heterocycles. The average molecular weight is 213 g/mol. The maximum Gasteiger partial charge on any atom is 0.317 e. The van der Waals surface area contributed by atoms with E-state index in [0.29, 0.717) is 12.0 Å². The number of rotatable bonds is 3. The minimum atomic E-state index is 0. The summed E-state index contributed by atoms with van der Waals surface area (Å²) in [4.78, 5) is 13.5. The molecule has 2 amide bonds. The largest absolute Gasteiger partial charge is 0.338 e. The number of carbonyl (C=O) groups excluding carboxylic acids is 1. The third kappa shape index (κ3) is 3.09. The first kappa shape index (κ1) is 10.7. The van der Waals surface area contributed by atoms with Gasteiger partial charge in [0.2, 0.25) is 0 Å². The summed E-state index contributed by atoms with van der Waals surface area (Å²) in [5, 5.41) is 6.38. The Bertz CT molecular complexity index is 227. The molecule has 4 nitrogen and oxygen atoms in total. The molecule has 4 heteroatoms. The van der Waals surface area contributed by atoms with Crippen LogP contribution in [0, 0.1) is 5.92 Å². The molecule has 1 aliphatic carbocycles. The molecule has 1 aliphatic heterocycles. The molecule has 2 rings (SSSR count). The lowest BCUT2D eigenvalue weighted by atomic mass is 10.00. The third-order valence-corrected chi connectivity index (χ3v) is 3.36. The summed E-state index contributed by atoms with van der Waals surface area (Å²) in [7, 11) is 1.89. The maximum absolute atomic E-state index is 11.7. The van der Waals surface area contributed by atoms with E-state index in [9.17, 15) is 4.79 Å². The fourth-order valence-electron chi connectivity index (χ4n) is 2.08. The number of nitrogens with one attached hydrogen (secondary N) is 2. The number of nitrogens with zero attached hydrogens (tertiary/aromatic N) is 1. The van der Waals surface area contributed by atoms with E-state index in [0.717, 1.165) is 19.6 Å². The summed E-state index contributed by atoms with van der Waals surface area (Å²) in [5.74, 6) is 0.621. The van der Waals surface area contributed by atoms with Gasteiger partial charge in [-0.15, -0.1) is 0 Å². The van der Waals surface area contributed by atoms with Gasteiger partial charge in [-0.05, 0) is 44.7 Å². The van der Waals surface area contributed by atoms with Crippen molar-refractivity contribution in [1.29, 1.82) is 0 Å². The van der Waals surface area contributed by atoms with Gasteiger partial charge in [-0.1, -0.05) is 0 Å². The normalized spacial score (nSPS) is 26.1. The Kier molecular flexibility index (Phi) is 3.46. The van der Waals surface area contributed by atoms with Gasteiger partial charge >= 0.3 is 6.03 Å². The Labute approximate surface area is 92.9 Å². The highest BCUT2D eigenvalue weighted by atomic mass is 16.2. The Morgan fingerprint density at radius 2 is 2.33 bits per heavy atom. The smallest absolute Gasteiger partial charge is 0.317 e. The van der Waals surface area contributed by atoms with Gasteiger partial charge in [0.15, 0.2) is 0 Å². The van der Waals surface area contributed by atoms with Crippen molar-refractivity contribution in [3.8, 4) is 0 Å². The van der Waals surface area contributed by atoms with Crippen LogP contribution in [0.5, 0.6) is 0 Å². The molecule has 0 aromatic rings. The summed E-state index contributed by atoms with van der Waals surface area (Å²) < 4.78 is 0. The van der Waals surface area contributed by atoms with E-state index >= 15 is 0 Å². The monoisotopic (exact) mass is 213 g/mol. The van der Waals surface area contributed by atoms with Crippen molar-refractivity contribution in [3.05, 3.63) is 0 Å². The number of hydrogen-bond donors (Lipinski definition) is 2. The molecule has 2 N–H and O–H groups in total. The van der Waals surface area contributed by atoms with Gasteiger partial charge in [-0.2, -0.15) is 0 Å². The van der Waals surface area contributed by atoms with Crippen molar-refractivity contribution < 1.29 is 6.22 Å². The quantitative estimate of drug-likeness (QED) is 0.735. The van der Waals surface area contributed by atoms with Gasteiger partial charge in [0.1, 0.15) is 0 Å². The van der Waals surface area contributed by atoms with Crippen LogP contribution in [0.25, 0.3) is 0 Å². The Balaban J connectivity index is 0.00000128. The highest BCUT2D eigenvalue weighted by Gasteiger charge is 2.29. The second-order valence-corrected chi connectivity index (χ2v) is 4.74. The zero-order chi connectivity index (χ0) is 10.7. The molecule has 0 bridgehead atoms. The molecule has 2 fully saturated rings. The summed E-state index contributed by atoms with van der Waals surface area (Å²) in [6.45, 7) is 3.00. The first-order valence-corrected chi connectivity index (χ1v) is 5.99. The lowest BCUT2D eigenvalue weighted by molar-refractivity contribution is 0.203. The van der Waals surface area contributed by atoms with Crippen LogP contribution in [0.1, 0.15) is 27.1 Å². The fraction of sp³-hybridized carbons (Fsp3) is 0.909. The number of urea groups is 1. The van der Waals surface area contributed by atoms with Gasteiger partial charge < -0.3 is 15.5 Å². The molecule has 0 spiro atoms. The molecule has 15 heavy (non-hydrogen) atoms. The summed E-state index contributed by atoms with van der Waals surface area (Å²) >= 11 is 0. The van der Waals surface area contributed by atoms with Crippen LogP contribution in [0.2, 0.25) is 0 Å². The molecule has 0 aromatic carbocycles. The van der Waals surface area contributed by atoms with E-state index < -0.39 is 0 Å². The summed E-state index contributed by atoms with van der Waals surface area (Å²) in [5.41, 5.74) is 0. The Morgan fingerprint density at radius 3 is 2.93 bits per heavy atom. The molecular formula is C11H23N3O. The first-order valence-electron chi connectivity index (χ1n) is 5.99. The second kappa shape index (κ2) is 4.84. The number of piperidine rings is 1. The predicted octanol–water partition coefficient (Wildman–Crippen LogP) is 1.04. The molecule has 0 aromatic heterocycles. The first-order chi connectivity index (χ1) is 7.27. The van der Waals surface area contributed by atoms with E-state index in [1.807, 2.05) is 11.9 Å². The van der Waals surface area contributed by atoms with Gasteiger partial charge in [0.25, 0.3) is 0 Å². The number of hydrogen-bond acceptors (Lipinski definition) is 2. The van der Waals surface area contributed by atoms with Crippen molar-refractivity contribution in [2.45, 2.75) is 31.7 Å². The van der Waals surface area contributed by atoms with Crippen LogP contribution >= 0.6 is 0 Å². The molecule has 1 atom stereocenters. The predicted molar refractivity (Wildman–Crippen MR) is 61.9 cm³/mol. The van der Waals surface area contributed by atoms with E-state index in [1.54, 1.807) is 0 Å². The van der Waals surface area contributed by atoms with Crippen molar-refractivity contribution in [2.75, 3.05) is 26.7 Å². The van der Waals surface area contributed by atoms with E-state index in [2.05, 4.69) is 10.6 Å². The highest BCUT2D eigenvalue weighted by Crippen LogP contribution is 2.25. The van der Waals surface area contributed by atoms with Gasteiger partial charge in [0, 0.05) is 21.1 Å². The van der Waals surface area contributed by atoms with Crippen molar-refractivity contribution in [1.82, 2.24) is 15.5 Å². The third-order valence-electron chi connectivity index (χ3n) is 3.36. The zero-order valence-corrected chi connectivity index (χ0v) is 9.46. The van der Waals surface area contributed by atoms with E-state index in [4.69, 9.17) is 0 Å². The zero-order valence-electron chi connectivity index (χ0n) is 9.46. The topological polar surface area (TPSA) is 44.4 Å². The van der Waals surface area contributed by atoms with Crippen LogP contribution in [0.15, 0.2) is 0 Å². The summed E-state index contributed by atoms with van der Waals surface area (Å²) in [6, 6.07) is 0.609. The van der Waals surface area contributed by atoms with Crippen molar-refractivity contribution >= 4 is 6.03 Å².